The van der Waals surface area contributed by atoms with Crippen molar-refractivity contribution in [3.05, 3.63) is 28.2 Å². The molecule has 0 aromatic heterocycles. The van der Waals surface area contributed by atoms with E-state index in [1.54, 1.807) is 0 Å². The number of para-hydroxylation sites is 1. The predicted molar refractivity (Wildman–Crippen MR) is 64.4 cm³/mol. The number of ether oxygens (including phenoxy) is 1. The molecule has 1 fully saturated rings. The fraction of sp³-hybridized carbons (Fsp3) is 0.500. The fourth-order valence-corrected chi connectivity index (χ4v) is 3.21. The second kappa shape index (κ2) is 3.49. The number of halogens is 1. The topological polar surface area (TPSA) is 21.3 Å². The third-order valence-electron chi connectivity index (χ3n) is 3.64. The normalized spacial score (nSPS) is 22.5. The lowest BCUT2D eigenvalue weighted by Crippen LogP contribution is -2.35. The van der Waals surface area contributed by atoms with E-state index in [4.69, 9.17) is 4.74 Å². The highest BCUT2D eigenvalue weighted by molar-refractivity contribution is 9.10. The number of hydrogen-bond acceptors (Lipinski definition) is 2. The Morgan fingerprint density at radius 1 is 1.27 bits per heavy atom. The summed E-state index contributed by atoms with van der Waals surface area (Å²) in [7, 11) is 0. The van der Waals surface area contributed by atoms with Crippen LogP contribution in [0.25, 0.3) is 0 Å². The van der Waals surface area contributed by atoms with Crippen LogP contribution in [-0.2, 0) is 10.2 Å². The first-order valence-electron chi connectivity index (χ1n) is 5.42. The van der Waals surface area contributed by atoms with Crippen LogP contribution in [0.4, 0.5) is 5.69 Å². The molecule has 2 aliphatic rings. The predicted octanol–water partition coefficient (Wildman–Crippen LogP) is 2.92. The molecular weight excluding hydrogens is 254 g/mol. The van der Waals surface area contributed by atoms with Crippen molar-refractivity contribution in [2.45, 2.75) is 18.3 Å². The minimum absolute atomic E-state index is 0.331. The Labute approximate surface area is 98.1 Å². The first-order valence-corrected chi connectivity index (χ1v) is 6.22. The standard InChI is InChI=1S/C12H14BrNO/c13-10-3-1-2-9-11(10)14-8-12(9)4-6-15-7-5-12/h1-3,14H,4-8H2. The highest BCUT2D eigenvalue weighted by Gasteiger charge is 2.40. The van der Waals surface area contributed by atoms with Gasteiger partial charge in [-0.3, -0.25) is 0 Å². The van der Waals surface area contributed by atoms with Gasteiger partial charge in [-0.25, -0.2) is 0 Å². The summed E-state index contributed by atoms with van der Waals surface area (Å²) in [4.78, 5) is 0. The lowest BCUT2D eigenvalue weighted by molar-refractivity contribution is 0.0567. The fourth-order valence-electron chi connectivity index (χ4n) is 2.71. The van der Waals surface area contributed by atoms with Gasteiger partial charge in [0.1, 0.15) is 0 Å². The molecule has 80 valence electrons. The van der Waals surface area contributed by atoms with Crippen LogP contribution in [0.5, 0.6) is 0 Å². The highest BCUT2D eigenvalue weighted by atomic mass is 79.9. The smallest absolute Gasteiger partial charge is 0.0523 e. The summed E-state index contributed by atoms with van der Waals surface area (Å²) in [5, 5.41) is 3.53. The first-order chi connectivity index (χ1) is 7.32. The molecule has 1 aromatic carbocycles. The van der Waals surface area contributed by atoms with Gasteiger partial charge in [0.25, 0.3) is 0 Å². The first kappa shape index (κ1) is 9.67. The van der Waals surface area contributed by atoms with Crippen molar-refractivity contribution in [2.75, 3.05) is 25.1 Å². The van der Waals surface area contributed by atoms with Crippen LogP contribution in [0, 0.1) is 0 Å². The highest BCUT2D eigenvalue weighted by Crippen LogP contribution is 2.46. The molecule has 1 saturated heterocycles. The average Bonchev–Trinajstić information content (AvgIpc) is 2.61. The molecule has 3 heteroatoms. The monoisotopic (exact) mass is 267 g/mol. The van der Waals surface area contributed by atoms with Crippen molar-refractivity contribution in [1.82, 2.24) is 0 Å². The molecule has 3 rings (SSSR count). The van der Waals surface area contributed by atoms with E-state index in [1.807, 2.05) is 0 Å². The summed E-state index contributed by atoms with van der Waals surface area (Å²) in [6.07, 6.45) is 2.28. The summed E-state index contributed by atoms with van der Waals surface area (Å²) < 4.78 is 6.65. The number of anilines is 1. The van der Waals surface area contributed by atoms with E-state index < -0.39 is 0 Å². The maximum absolute atomic E-state index is 5.46. The molecule has 2 nitrogen and oxygen atoms in total. The summed E-state index contributed by atoms with van der Waals surface area (Å²) in [6, 6.07) is 6.49. The number of fused-ring (bicyclic) bond motifs is 2. The van der Waals surface area contributed by atoms with Gasteiger partial charge < -0.3 is 10.1 Å². The molecule has 0 saturated carbocycles. The molecule has 1 aromatic rings. The Morgan fingerprint density at radius 3 is 2.87 bits per heavy atom. The molecule has 0 bridgehead atoms. The second-order valence-corrected chi connectivity index (χ2v) is 5.26. The lowest BCUT2D eigenvalue weighted by Gasteiger charge is -2.33. The molecule has 1 spiro atoms. The molecule has 2 aliphatic heterocycles. The lowest BCUT2D eigenvalue weighted by atomic mass is 9.76. The number of hydrogen-bond donors (Lipinski definition) is 1. The van der Waals surface area contributed by atoms with Gasteiger partial charge in [0, 0.05) is 29.6 Å². The minimum Gasteiger partial charge on any atom is -0.383 e. The van der Waals surface area contributed by atoms with E-state index in [0.29, 0.717) is 5.41 Å². The van der Waals surface area contributed by atoms with Gasteiger partial charge in [-0.1, -0.05) is 12.1 Å². The van der Waals surface area contributed by atoms with Crippen molar-refractivity contribution in [1.29, 1.82) is 0 Å². The maximum Gasteiger partial charge on any atom is 0.0523 e. The molecule has 0 aliphatic carbocycles. The van der Waals surface area contributed by atoms with Crippen molar-refractivity contribution in [3.63, 3.8) is 0 Å². The average molecular weight is 268 g/mol. The van der Waals surface area contributed by atoms with Crippen LogP contribution in [0.1, 0.15) is 18.4 Å². The molecule has 1 N–H and O–H groups in total. The minimum atomic E-state index is 0.331. The van der Waals surface area contributed by atoms with Gasteiger partial charge in [-0.2, -0.15) is 0 Å². The summed E-state index contributed by atoms with van der Waals surface area (Å²) in [6.45, 7) is 2.86. The Hall–Kier alpha value is -0.540. The van der Waals surface area contributed by atoms with E-state index >= 15 is 0 Å². The number of rotatable bonds is 0. The Balaban J connectivity index is 2.06. The Morgan fingerprint density at radius 2 is 2.07 bits per heavy atom. The van der Waals surface area contributed by atoms with Crippen LogP contribution >= 0.6 is 15.9 Å². The van der Waals surface area contributed by atoms with Crippen LogP contribution in [0.15, 0.2) is 22.7 Å². The van der Waals surface area contributed by atoms with Crippen molar-refractivity contribution in [2.24, 2.45) is 0 Å². The van der Waals surface area contributed by atoms with Gasteiger partial charge >= 0.3 is 0 Å². The van der Waals surface area contributed by atoms with Crippen molar-refractivity contribution >= 4 is 21.6 Å². The zero-order valence-corrected chi connectivity index (χ0v) is 10.1. The molecule has 0 unspecified atom stereocenters. The van der Waals surface area contributed by atoms with E-state index in [2.05, 4.69) is 39.4 Å². The van der Waals surface area contributed by atoms with Gasteiger partial charge in [-0.05, 0) is 40.4 Å². The zero-order chi connectivity index (χ0) is 10.3. The van der Waals surface area contributed by atoms with Crippen molar-refractivity contribution in [3.8, 4) is 0 Å². The molecule has 15 heavy (non-hydrogen) atoms. The molecule has 0 amide bonds. The van der Waals surface area contributed by atoms with Crippen LogP contribution in [0.2, 0.25) is 0 Å². The number of benzene rings is 1. The molecule has 0 atom stereocenters. The van der Waals surface area contributed by atoms with Crippen LogP contribution < -0.4 is 5.32 Å². The summed E-state index contributed by atoms with van der Waals surface area (Å²) in [5.74, 6) is 0. The second-order valence-electron chi connectivity index (χ2n) is 4.41. The molecular formula is C12H14BrNO. The Kier molecular flexibility index (Phi) is 2.25. The van der Waals surface area contributed by atoms with E-state index in [-0.39, 0.29) is 0 Å². The summed E-state index contributed by atoms with van der Waals surface area (Å²) in [5.41, 5.74) is 3.09. The van der Waals surface area contributed by atoms with E-state index in [9.17, 15) is 0 Å². The third-order valence-corrected chi connectivity index (χ3v) is 4.30. The Bertz CT molecular complexity index is 385. The van der Waals surface area contributed by atoms with Gasteiger partial charge in [0.2, 0.25) is 0 Å². The van der Waals surface area contributed by atoms with Gasteiger partial charge in [0.15, 0.2) is 0 Å². The third kappa shape index (κ3) is 1.41. The SMILES string of the molecule is Brc1cccc2c1NCC21CCOCC1. The largest absolute Gasteiger partial charge is 0.383 e. The molecule has 2 heterocycles. The van der Waals surface area contributed by atoms with Crippen molar-refractivity contribution < 1.29 is 4.74 Å². The van der Waals surface area contributed by atoms with E-state index in [0.717, 1.165) is 32.6 Å². The zero-order valence-electron chi connectivity index (χ0n) is 8.55. The van der Waals surface area contributed by atoms with Crippen LogP contribution in [-0.4, -0.2) is 19.8 Å². The van der Waals surface area contributed by atoms with Gasteiger partial charge in [-0.15, -0.1) is 0 Å². The molecule has 0 radical (unpaired) electrons. The van der Waals surface area contributed by atoms with Gasteiger partial charge in [0.05, 0.1) is 5.69 Å². The summed E-state index contributed by atoms with van der Waals surface area (Å²) >= 11 is 3.60. The quantitative estimate of drug-likeness (QED) is 0.781. The maximum atomic E-state index is 5.46. The number of nitrogens with one attached hydrogen (secondary N) is 1. The van der Waals surface area contributed by atoms with E-state index in [1.165, 1.54) is 15.7 Å². The van der Waals surface area contributed by atoms with Crippen LogP contribution in [0.3, 0.4) is 0 Å².